The number of fused-ring (bicyclic) bond motifs is 1. The first kappa shape index (κ1) is 13.9. The number of aliphatic hydroxyl groups excluding tert-OH is 1. The molecular weight excluding hydrogens is 296 g/mol. The van der Waals surface area contributed by atoms with Crippen LogP contribution in [0.25, 0.3) is 0 Å². The number of hydrogen-bond acceptors (Lipinski definition) is 5. The van der Waals surface area contributed by atoms with Gasteiger partial charge in [0.05, 0.1) is 0 Å². The van der Waals surface area contributed by atoms with Gasteiger partial charge in [0.25, 0.3) is 0 Å². The number of halogens is 1. The van der Waals surface area contributed by atoms with Crippen molar-refractivity contribution in [2.75, 3.05) is 0 Å². The zero-order valence-electron chi connectivity index (χ0n) is 11.0. The maximum absolute atomic E-state index is 12.2. The second kappa shape index (κ2) is 5.02. The standard InChI is InChI=1S/C15H11ClO5/c1-7-6-10-11(15(19)20-7)13(18)14(21-10)12(17)8-2-4-9(16)5-3-8/h2-6,12,14,17H,1H3. The topological polar surface area (TPSA) is 76.7 Å². The number of Topliss-reactive ketones (excluding diaryl/α,β-unsaturated/α-hetero) is 1. The molecule has 2 unspecified atom stereocenters. The average Bonchev–Trinajstić information content (AvgIpc) is 2.76. The number of ether oxygens (including phenoxy) is 1. The summed E-state index contributed by atoms with van der Waals surface area (Å²) in [5.41, 5.74) is -0.425. The molecule has 2 aromatic rings. The minimum Gasteiger partial charge on any atom is -0.478 e. The molecule has 1 aromatic heterocycles. The predicted octanol–water partition coefficient (Wildman–Crippen LogP) is 2.28. The molecule has 21 heavy (non-hydrogen) atoms. The van der Waals surface area contributed by atoms with Crippen molar-refractivity contribution < 1.29 is 19.1 Å². The summed E-state index contributed by atoms with van der Waals surface area (Å²) >= 11 is 5.78. The second-order valence-corrected chi connectivity index (χ2v) is 5.22. The molecule has 108 valence electrons. The van der Waals surface area contributed by atoms with Gasteiger partial charge in [0.15, 0.2) is 6.10 Å². The van der Waals surface area contributed by atoms with Gasteiger partial charge in [-0.05, 0) is 24.6 Å². The molecule has 0 saturated heterocycles. The Morgan fingerprint density at radius 1 is 1.24 bits per heavy atom. The van der Waals surface area contributed by atoms with E-state index in [2.05, 4.69) is 0 Å². The van der Waals surface area contributed by atoms with Gasteiger partial charge in [0.2, 0.25) is 5.78 Å². The average molecular weight is 307 g/mol. The first-order chi connectivity index (χ1) is 9.97. The fourth-order valence-electron chi connectivity index (χ4n) is 2.27. The number of ketones is 1. The lowest BCUT2D eigenvalue weighted by Gasteiger charge is -2.17. The van der Waals surface area contributed by atoms with E-state index in [1.807, 2.05) is 0 Å². The molecule has 0 amide bonds. The van der Waals surface area contributed by atoms with E-state index in [1.165, 1.54) is 6.07 Å². The third kappa shape index (κ3) is 2.34. The molecule has 1 aromatic carbocycles. The SMILES string of the molecule is Cc1cc2c(c(=O)o1)C(=O)C(C(O)c1ccc(Cl)cc1)O2. The number of carbonyl (C=O) groups is 1. The first-order valence-corrected chi connectivity index (χ1v) is 6.64. The van der Waals surface area contributed by atoms with Gasteiger partial charge in [-0.3, -0.25) is 4.79 Å². The zero-order valence-corrected chi connectivity index (χ0v) is 11.8. The van der Waals surface area contributed by atoms with Gasteiger partial charge in [-0.15, -0.1) is 0 Å². The molecule has 0 bridgehead atoms. The van der Waals surface area contributed by atoms with E-state index in [9.17, 15) is 14.7 Å². The molecule has 1 aliphatic heterocycles. The summed E-state index contributed by atoms with van der Waals surface area (Å²) in [6.07, 6.45) is -2.35. The highest BCUT2D eigenvalue weighted by Crippen LogP contribution is 2.33. The highest BCUT2D eigenvalue weighted by Gasteiger charge is 2.41. The number of aryl methyl sites for hydroxylation is 1. The Morgan fingerprint density at radius 3 is 2.57 bits per heavy atom. The van der Waals surface area contributed by atoms with Crippen LogP contribution in [0.1, 0.15) is 27.8 Å². The van der Waals surface area contributed by atoms with Crippen LogP contribution in [0.5, 0.6) is 5.75 Å². The van der Waals surface area contributed by atoms with Gasteiger partial charge < -0.3 is 14.3 Å². The van der Waals surface area contributed by atoms with Gasteiger partial charge in [-0.25, -0.2) is 4.79 Å². The Hall–Kier alpha value is -2.11. The van der Waals surface area contributed by atoms with Crippen molar-refractivity contribution in [3.05, 3.63) is 62.7 Å². The van der Waals surface area contributed by atoms with Crippen LogP contribution in [-0.2, 0) is 0 Å². The lowest BCUT2D eigenvalue weighted by molar-refractivity contribution is 0.0407. The van der Waals surface area contributed by atoms with E-state index in [1.54, 1.807) is 31.2 Å². The summed E-state index contributed by atoms with van der Waals surface area (Å²) < 4.78 is 10.3. The number of hydrogen-bond donors (Lipinski definition) is 1. The van der Waals surface area contributed by atoms with Crippen molar-refractivity contribution in [3.63, 3.8) is 0 Å². The molecule has 1 N–H and O–H groups in total. The minimum absolute atomic E-state index is 0.145. The quantitative estimate of drug-likeness (QED) is 0.921. The summed E-state index contributed by atoms with van der Waals surface area (Å²) in [6.45, 7) is 1.58. The predicted molar refractivity (Wildman–Crippen MR) is 74.9 cm³/mol. The van der Waals surface area contributed by atoms with Crippen molar-refractivity contribution >= 4 is 17.4 Å². The number of rotatable bonds is 2. The highest BCUT2D eigenvalue weighted by atomic mass is 35.5. The largest absolute Gasteiger partial charge is 0.478 e. The normalized spacial score (nSPS) is 18.2. The van der Waals surface area contributed by atoms with Gasteiger partial charge in [-0.1, -0.05) is 23.7 Å². The van der Waals surface area contributed by atoms with Crippen LogP contribution in [0, 0.1) is 6.92 Å². The molecule has 0 spiro atoms. The number of benzene rings is 1. The molecule has 1 aliphatic rings. The maximum atomic E-state index is 12.2. The summed E-state index contributed by atoms with van der Waals surface area (Å²) in [5.74, 6) is -0.0962. The highest BCUT2D eigenvalue weighted by molar-refractivity contribution is 6.30. The van der Waals surface area contributed by atoms with E-state index in [4.69, 9.17) is 20.8 Å². The number of aliphatic hydroxyl groups is 1. The molecule has 0 saturated carbocycles. The van der Waals surface area contributed by atoms with Gasteiger partial charge >= 0.3 is 5.63 Å². The first-order valence-electron chi connectivity index (χ1n) is 6.26. The van der Waals surface area contributed by atoms with Crippen LogP contribution in [0.4, 0.5) is 0 Å². The molecule has 2 atom stereocenters. The third-order valence-corrected chi connectivity index (χ3v) is 3.55. The fourth-order valence-corrected chi connectivity index (χ4v) is 2.40. The minimum atomic E-state index is -1.19. The summed E-state index contributed by atoms with van der Waals surface area (Å²) in [5, 5.41) is 10.8. The van der Waals surface area contributed by atoms with E-state index in [0.29, 0.717) is 16.3 Å². The van der Waals surface area contributed by atoms with Crippen LogP contribution in [0.3, 0.4) is 0 Å². The Balaban J connectivity index is 1.96. The fraction of sp³-hybridized carbons (Fsp3) is 0.200. The van der Waals surface area contributed by atoms with E-state index in [0.717, 1.165) is 0 Å². The molecular formula is C15H11ClO5. The summed E-state index contributed by atoms with van der Waals surface area (Å²) in [4.78, 5) is 24.0. The van der Waals surface area contributed by atoms with Crippen LogP contribution >= 0.6 is 11.6 Å². The van der Waals surface area contributed by atoms with Crippen LogP contribution in [0.15, 0.2) is 39.5 Å². The van der Waals surface area contributed by atoms with Crippen molar-refractivity contribution in [2.24, 2.45) is 0 Å². The Labute approximate surface area is 124 Å². The Bertz CT molecular complexity index is 763. The van der Waals surface area contributed by atoms with Crippen molar-refractivity contribution in [1.29, 1.82) is 0 Å². The molecule has 2 heterocycles. The molecule has 3 rings (SSSR count). The van der Waals surface area contributed by atoms with E-state index >= 15 is 0 Å². The summed E-state index contributed by atoms with van der Waals surface area (Å²) in [7, 11) is 0. The maximum Gasteiger partial charge on any atom is 0.350 e. The third-order valence-electron chi connectivity index (χ3n) is 3.30. The van der Waals surface area contributed by atoms with Crippen molar-refractivity contribution in [2.45, 2.75) is 19.1 Å². The van der Waals surface area contributed by atoms with Gasteiger partial charge in [-0.2, -0.15) is 0 Å². The number of carbonyl (C=O) groups excluding carboxylic acids is 1. The smallest absolute Gasteiger partial charge is 0.350 e. The molecule has 0 aliphatic carbocycles. The lowest BCUT2D eigenvalue weighted by Crippen LogP contribution is -2.30. The zero-order chi connectivity index (χ0) is 15.1. The van der Waals surface area contributed by atoms with Crippen molar-refractivity contribution in [3.8, 4) is 5.75 Å². The van der Waals surface area contributed by atoms with Crippen LogP contribution in [0.2, 0.25) is 5.02 Å². The van der Waals surface area contributed by atoms with E-state index < -0.39 is 23.6 Å². The van der Waals surface area contributed by atoms with Crippen molar-refractivity contribution in [1.82, 2.24) is 0 Å². The van der Waals surface area contributed by atoms with Gasteiger partial charge in [0, 0.05) is 11.1 Å². The lowest BCUT2D eigenvalue weighted by atomic mass is 10.00. The summed E-state index contributed by atoms with van der Waals surface area (Å²) in [6, 6.07) is 7.86. The molecule has 6 heteroatoms. The van der Waals surface area contributed by atoms with E-state index in [-0.39, 0.29) is 11.3 Å². The van der Waals surface area contributed by atoms with Crippen LogP contribution < -0.4 is 10.4 Å². The Kier molecular flexibility index (Phi) is 3.31. The Morgan fingerprint density at radius 2 is 1.90 bits per heavy atom. The van der Waals surface area contributed by atoms with Gasteiger partial charge in [0.1, 0.15) is 23.2 Å². The second-order valence-electron chi connectivity index (χ2n) is 4.78. The monoisotopic (exact) mass is 306 g/mol. The van der Waals surface area contributed by atoms with Crippen LogP contribution in [-0.4, -0.2) is 17.0 Å². The molecule has 5 nitrogen and oxygen atoms in total. The molecule has 0 fully saturated rings. The molecule has 0 radical (unpaired) electrons.